The van der Waals surface area contributed by atoms with Crippen molar-refractivity contribution in [3.8, 4) is 5.69 Å². The van der Waals surface area contributed by atoms with E-state index in [1.165, 1.54) is 12.1 Å². The molecule has 0 spiro atoms. The number of nitrogens with one attached hydrogen (secondary N) is 1. The number of aromatic nitrogens is 2. The number of halogens is 1. The van der Waals surface area contributed by atoms with E-state index < -0.39 is 0 Å². The Hall–Kier alpha value is -4.04. The smallest absolute Gasteiger partial charge is 0.255 e. The highest BCUT2D eigenvalue weighted by Crippen LogP contribution is 2.24. The topological polar surface area (TPSA) is 76.5 Å². The maximum atomic E-state index is 13.4. The second-order valence-electron chi connectivity index (χ2n) is 9.17. The average molecular weight is 487 g/mol. The summed E-state index contributed by atoms with van der Waals surface area (Å²) in [6.07, 6.45) is -0.00602. The van der Waals surface area contributed by atoms with Crippen LogP contribution in [0.15, 0.2) is 66.7 Å². The number of ether oxygens (including phenoxy) is 1. The van der Waals surface area contributed by atoms with Gasteiger partial charge in [0.1, 0.15) is 11.6 Å². The van der Waals surface area contributed by atoms with Crippen LogP contribution in [0, 0.1) is 12.7 Å². The normalized spacial score (nSPS) is 17.8. The summed E-state index contributed by atoms with van der Waals surface area (Å²) in [6.45, 7) is 6.89. The first-order chi connectivity index (χ1) is 17.3. The Bertz CT molecular complexity index is 1420. The van der Waals surface area contributed by atoms with E-state index in [1.807, 2.05) is 25.3 Å². The van der Waals surface area contributed by atoms with Gasteiger partial charge in [-0.3, -0.25) is 14.2 Å². The SMILES string of the molecule is Cc1nc2ccc(C(=O)Nc3ccc(C(=O)N4CC(C)O[C@@H](C)C4)cc3)cc2n1-c1ccc(F)cc1. The van der Waals surface area contributed by atoms with E-state index in [1.54, 1.807) is 59.5 Å². The zero-order valence-corrected chi connectivity index (χ0v) is 20.4. The third-order valence-corrected chi connectivity index (χ3v) is 6.27. The molecular weight excluding hydrogens is 459 g/mol. The predicted octanol–water partition coefficient (Wildman–Crippen LogP) is 4.97. The molecule has 0 bridgehead atoms. The predicted molar refractivity (Wildman–Crippen MR) is 136 cm³/mol. The Labute approximate surface area is 208 Å². The number of carbonyl (C=O) groups is 2. The van der Waals surface area contributed by atoms with Crippen molar-refractivity contribution < 1.29 is 18.7 Å². The molecule has 2 heterocycles. The fourth-order valence-corrected chi connectivity index (χ4v) is 4.68. The lowest BCUT2D eigenvalue weighted by Gasteiger charge is -2.35. The highest BCUT2D eigenvalue weighted by atomic mass is 19.1. The molecule has 1 aliphatic rings. The summed E-state index contributed by atoms with van der Waals surface area (Å²) < 4.78 is 21.0. The molecule has 0 aliphatic carbocycles. The number of anilines is 1. The first-order valence-electron chi connectivity index (χ1n) is 11.9. The minimum Gasteiger partial charge on any atom is -0.372 e. The van der Waals surface area contributed by atoms with Crippen molar-refractivity contribution in [3.05, 3.63) is 89.5 Å². The number of fused-ring (bicyclic) bond motifs is 1. The Morgan fingerprint density at radius 3 is 2.25 bits per heavy atom. The van der Waals surface area contributed by atoms with Crippen molar-refractivity contribution in [2.75, 3.05) is 18.4 Å². The molecule has 0 saturated carbocycles. The average Bonchev–Trinajstić information content (AvgIpc) is 3.19. The monoisotopic (exact) mass is 486 g/mol. The first-order valence-corrected chi connectivity index (χ1v) is 11.9. The van der Waals surface area contributed by atoms with Crippen LogP contribution < -0.4 is 5.32 Å². The lowest BCUT2D eigenvalue weighted by atomic mass is 10.1. The second-order valence-corrected chi connectivity index (χ2v) is 9.17. The number of carbonyl (C=O) groups excluding carboxylic acids is 2. The number of imidazole rings is 1. The highest BCUT2D eigenvalue weighted by Gasteiger charge is 2.26. The van der Waals surface area contributed by atoms with Gasteiger partial charge in [-0.1, -0.05) is 0 Å². The van der Waals surface area contributed by atoms with Crippen LogP contribution in [-0.4, -0.2) is 51.6 Å². The largest absolute Gasteiger partial charge is 0.372 e. The Morgan fingerprint density at radius 2 is 1.58 bits per heavy atom. The molecule has 1 aliphatic heterocycles. The van der Waals surface area contributed by atoms with E-state index in [4.69, 9.17) is 4.74 Å². The maximum absolute atomic E-state index is 13.4. The number of rotatable bonds is 4. The molecular formula is C28H27FN4O3. The summed E-state index contributed by atoms with van der Waals surface area (Å²) in [5.74, 6) is 0.0854. The van der Waals surface area contributed by atoms with Gasteiger partial charge in [0.2, 0.25) is 0 Å². The lowest BCUT2D eigenvalue weighted by Crippen LogP contribution is -2.48. The molecule has 8 heteroatoms. The zero-order chi connectivity index (χ0) is 25.4. The van der Waals surface area contributed by atoms with Crippen LogP contribution in [0.3, 0.4) is 0 Å². The molecule has 5 rings (SSSR count). The van der Waals surface area contributed by atoms with Gasteiger partial charge in [-0.15, -0.1) is 0 Å². The fourth-order valence-electron chi connectivity index (χ4n) is 4.68. The molecule has 3 aromatic carbocycles. The molecule has 7 nitrogen and oxygen atoms in total. The molecule has 0 radical (unpaired) electrons. The van der Waals surface area contributed by atoms with Crippen LogP contribution in [0.5, 0.6) is 0 Å². The van der Waals surface area contributed by atoms with Gasteiger partial charge in [0, 0.05) is 35.6 Å². The van der Waals surface area contributed by atoms with Crippen molar-refractivity contribution >= 4 is 28.5 Å². The van der Waals surface area contributed by atoms with E-state index in [2.05, 4.69) is 10.3 Å². The number of amides is 2. The molecule has 4 aromatic rings. The van der Waals surface area contributed by atoms with E-state index in [-0.39, 0.29) is 29.8 Å². The standard InChI is InChI=1S/C28H27FN4O3/c1-17-15-32(16-18(2)36-17)28(35)20-4-9-23(10-5-20)31-27(34)21-6-13-25-26(14-21)33(19(3)30-25)24-11-7-22(29)8-12-24/h4-14,17-18H,15-16H2,1-3H3,(H,31,34)/t17-,18?/m0/s1. The van der Waals surface area contributed by atoms with Gasteiger partial charge in [0.15, 0.2) is 0 Å². The van der Waals surface area contributed by atoms with E-state index in [0.29, 0.717) is 29.9 Å². The van der Waals surface area contributed by atoms with E-state index >= 15 is 0 Å². The van der Waals surface area contributed by atoms with Crippen LogP contribution in [0.4, 0.5) is 10.1 Å². The number of nitrogens with zero attached hydrogens (tertiary/aromatic N) is 3. The van der Waals surface area contributed by atoms with Crippen LogP contribution in [-0.2, 0) is 4.74 Å². The number of hydrogen-bond acceptors (Lipinski definition) is 4. The third-order valence-electron chi connectivity index (χ3n) is 6.27. The molecule has 1 N–H and O–H groups in total. The van der Waals surface area contributed by atoms with E-state index in [0.717, 1.165) is 22.5 Å². The minimum absolute atomic E-state index is 0.00301. The molecule has 1 fully saturated rings. The third kappa shape index (κ3) is 4.72. The molecule has 2 atom stereocenters. The highest BCUT2D eigenvalue weighted by molar-refractivity contribution is 6.06. The van der Waals surface area contributed by atoms with Gasteiger partial charge in [0.25, 0.3) is 11.8 Å². The van der Waals surface area contributed by atoms with Gasteiger partial charge >= 0.3 is 0 Å². The second kappa shape index (κ2) is 9.54. The number of morpholine rings is 1. The van der Waals surface area contributed by atoms with Gasteiger partial charge in [-0.2, -0.15) is 0 Å². The molecule has 1 saturated heterocycles. The molecule has 2 amide bonds. The lowest BCUT2D eigenvalue weighted by molar-refractivity contribution is -0.0586. The minimum atomic E-state index is -0.317. The molecule has 36 heavy (non-hydrogen) atoms. The van der Waals surface area contributed by atoms with Gasteiger partial charge in [0.05, 0.1) is 23.2 Å². The fraction of sp³-hybridized carbons (Fsp3) is 0.250. The van der Waals surface area contributed by atoms with Crippen molar-refractivity contribution in [1.82, 2.24) is 14.5 Å². The van der Waals surface area contributed by atoms with Crippen molar-refractivity contribution in [2.45, 2.75) is 33.0 Å². The number of hydrogen-bond donors (Lipinski definition) is 1. The summed E-state index contributed by atoms with van der Waals surface area (Å²) in [5, 5.41) is 2.89. The van der Waals surface area contributed by atoms with Gasteiger partial charge < -0.3 is 15.0 Å². The Kier molecular flexibility index (Phi) is 6.28. The van der Waals surface area contributed by atoms with Gasteiger partial charge in [-0.25, -0.2) is 9.37 Å². The van der Waals surface area contributed by atoms with Crippen molar-refractivity contribution in [3.63, 3.8) is 0 Å². The molecule has 1 unspecified atom stereocenters. The number of aryl methyl sites for hydroxylation is 1. The van der Waals surface area contributed by atoms with Crippen LogP contribution >= 0.6 is 0 Å². The van der Waals surface area contributed by atoms with Crippen molar-refractivity contribution in [1.29, 1.82) is 0 Å². The Morgan fingerprint density at radius 1 is 0.944 bits per heavy atom. The zero-order valence-electron chi connectivity index (χ0n) is 20.4. The van der Waals surface area contributed by atoms with Gasteiger partial charge in [-0.05, 0) is 87.5 Å². The van der Waals surface area contributed by atoms with Crippen molar-refractivity contribution in [2.24, 2.45) is 0 Å². The summed E-state index contributed by atoms with van der Waals surface area (Å²) in [4.78, 5) is 32.3. The quantitative estimate of drug-likeness (QED) is 0.442. The summed E-state index contributed by atoms with van der Waals surface area (Å²) in [6, 6.07) is 18.3. The van der Waals surface area contributed by atoms with Crippen LogP contribution in [0.2, 0.25) is 0 Å². The molecule has 184 valence electrons. The van der Waals surface area contributed by atoms with Crippen LogP contribution in [0.1, 0.15) is 40.4 Å². The summed E-state index contributed by atoms with van der Waals surface area (Å²) >= 11 is 0. The summed E-state index contributed by atoms with van der Waals surface area (Å²) in [5.41, 5.74) is 3.86. The number of benzene rings is 3. The summed E-state index contributed by atoms with van der Waals surface area (Å²) in [7, 11) is 0. The molecule has 1 aromatic heterocycles. The Balaban J connectivity index is 1.34. The first kappa shape index (κ1) is 23.7. The van der Waals surface area contributed by atoms with Crippen LogP contribution in [0.25, 0.3) is 16.7 Å². The maximum Gasteiger partial charge on any atom is 0.255 e. The van der Waals surface area contributed by atoms with E-state index in [9.17, 15) is 14.0 Å².